The van der Waals surface area contributed by atoms with Crippen molar-refractivity contribution in [3.05, 3.63) is 81.8 Å². The summed E-state index contributed by atoms with van der Waals surface area (Å²) < 4.78 is 33.3. The fourth-order valence-corrected chi connectivity index (χ4v) is 5.94. The van der Waals surface area contributed by atoms with Gasteiger partial charge in [0.05, 0.1) is 22.8 Å². The lowest BCUT2D eigenvalue weighted by Crippen LogP contribution is -2.26. The highest BCUT2D eigenvalue weighted by Gasteiger charge is 2.35. The molecule has 0 saturated carbocycles. The zero-order valence-electron chi connectivity index (χ0n) is 15.1. The number of aromatic nitrogens is 1. The minimum atomic E-state index is -3.59. The van der Waals surface area contributed by atoms with Gasteiger partial charge in [0.2, 0.25) is 0 Å². The number of halogens is 1. The zero-order chi connectivity index (χ0) is 20.0. The van der Waals surface area contributed by atoms with Gasteiger partial charge in [-0.2, -0.15) is 0 Å². The molecule has 8 heteroatoms. The minimum Gasteiger partial charge on any atom is -0.486 e. The van der Waals surface area contributed by atoms with Crippen molar-refractivity contribution in [2.75, 3.05) is 4.31 Å². The third kappa shape index (κ3) is 3.25. The summed E-state index contributed by atoms with van der Waals surface area (Å²) in [6.07, 6.45) is 0. The molecule has 0 spiro atoms. The predicted octanol–water partition coefficient (Wildman–Crippen LogP) is 5.24. The van der Waals surface area contributed by atoms with Crippen LogP contribution in [0, 0.1) is 0 Å². The number of thiazole rings is 1. The summed E-state index contributed by atoms with van der Waals surface area (Å²) in [5.74, 6) is 0.704. The lowest BCUT2D eigenvalue weighted by molar-refractivity contribution is 0.305. The van der Waals surface area contributed by atoms with Crippen LogP contribution in [0.4, 0.5) is 5.69 Å². The Morgan fingerprint density at radius 1 is 1.03 bits per heavy atom. The van der Waals surface area contributed by atoms with Gasteiger partial charge in [0.25, 0.3) is 10.0 Å². The molecule has 0 atom stereocenters. The topological polar surface area (TPSA) is 59.5 Å². The lowest BCUT2D eigenvalue weighted by Gasteiger charge is -2.17. The number of sulfonamides is 1. The van der Waals surface area contributed by atoms with E-state index >= 15 is 0 Å². The van der Waals surface area contributed by atoms with Gasteiger partial charge in [-0.3, -0.25) is 4.31 Å². The first-order valence-corrected chi connectivity index (χ1v) is 11.6. The maximum atomic E-state index is 13.1. The number of ether oxygens (including phenoxy) is 1. The standard InChI is InChI=1S/C21H15ClN2O3S2/c22-15-7-9-17(10-8-15)27-12-20-23-16(13-28-20)11-24-18-5-1-3-14-4-2-6-19(21(14)18)29(24,25)26/h1-10,13H,11-12H2. The SMILES string of the molecule is O=S1(=O)c2cccc3cccc(c23)N1Cc1csc(COc2ccc(Cl)cc2)n1. The Morgan fingerprint density at radius 3 is 2.59 bits per heavy atom. The summed E-state index contributed by atoms with van der Waals surface area (Å²) in [7, 11) is -3.59. The van der Waals surface area contributed by atoms with Gasteiger partial charge in [-0.05, 0) is 41.8 Å². The molecule has 0 N–H and O–H groups in total. The Bertz CT molecular complexity index is 1310. The predicted molar refractivity (Wildman–Crippen MR) is 115 cm³/mol. The molecule has 5 nitrogen and oxygen atoms in total. The summed E-state index contributed by atoms with van der Waals surface area (Å²) in [6.45, 7) is 0.502. The highest BCUT2D eigenvalue weighted by molar-refractivity contribution is 7.93. The summed E-state index contributed by atoms with van der Waals surface area (Å²) >= 11 is 7.33. The molecule has 0 aliphatic carbocycles. The molecule has 4 aromatic rings. The molecule has 0 saturated heterocycles. The largest absolute Gasteiger partial charge is 0.486 e. The number of hydrogen-bond acceptors (Lipinski definition) is 5. The molecule has 146 valence electrons. The molecule has 0 radical (unpaired) electrons. The summed E-state index contributed by atoms with van der Waals surface area (Å²) in [5, 5.41) is 5.00. The van der Waals surface area contributed by atoms with Crippen molar-refractivity contribution >= 4 is 49.4 Å². The number of anilines is 1. The smallest absolute Gasteiger partial charge is 0.265 e. The molecule has 1 aliphatic heterocycles. The lowest BCUT2D eigenvalue weighted by atomic mass is 10.1. The van der Waals surface area contributed by atoms with Gasteiger partial charge in [0.15, 0.2) is 0 Å². The van der Waals surface area contributed by atoms with Crippen LogP contribution in [0.25, 0.3) is 10.8 Å². The normalized spacial score (nSPS) is 14.4. The van der Waals surface area contributed by atoms with Gasteiger partial charge in [-0.15, -0.1) is 11.3 Å². The average molecular weight is 443 g/mol. The second-order valence-electron chi connectivity index (χ2n) is 6.62. The Labute approximate surface area is 177 Å². The molecule has 5 rings (SSSR count). The number of nitrogens with zero attached hydrogens (tertiary/aromatic N) is 2. The second kappa shape index (κ2) is 7.02. The first-order chi connectivity index (χ1) is 14.0. The summed E-state index contributed by atoms with van der Waals surface area (Å²) in [6, 6.07) is 18.1. The average Bonchev–Trinajstić information content (AvgIpc) is 3.26. The van der Waals surface area contributed by atoms with Crippen LogP contribution >= 0.6 is 22.9 Å². The van der Waals surface area contributed by atoms with E-state index in [1.54, 1.807) is 36.4 Å². The summed E-state index contributed by atoms with van der Waals surface area (Å²) in [4.78, 5) is 4.91. The van der Waals surface area contributed by atoms with E-state index in [1.165, 1.54) is 15.6 Å². The Morgan fingerprint density at radius 2 is 1.79 bits per heavy atom. The zero-order valence-corrected chi connectivity index (χ0v) is 17.5. The maximum absolute atomic E-state index is 13.1. The van der Waals surface area contributed by atoms with Crippen molar-refractivity contribution < 1.29 is 13.2 Å². The molecule has 29 heavy (non-hydrogen) atoms. The van der Waals surface area contributed by atoms with Crippen molar-refractivity contribution in [1.82, 2.24) is 4.98 Å². The molecule has 0 bridgehead atoms. The van der Waals surface area contributed by atoms with Crippen LogP contribution in [-0.2, 0) is 23.2 Å². The van der Waals surface area contributed by atoms with Crippen LogP contribution in [0.5, 0.6) is 5.75 Å². The van der Waals surface area contributed by atoms with Gasteiger partial charge in [0.1, 0.15) is 17.4 Å². The van der Waals surface area contributed by atoms with Gasteiger partial charge >= 0.3 is 0 Å². The van der Waals surface area contributed by atoms with Crippen LogP contribution in [0.1, 0.15) is 10.7 Å². The van der Waals surface area contributed by atoms with E-state index in [0.717, 1.165) is 15.8 Å². The Hall–Kier alpha value is -2.61. The number of rotatable bonds is 5. The molecular formula is C21H15ClN2O3S2. The number of benzene rings is 3. The third-order valence-electron chi connectivity index (χ3n) is 4.76. The molecule has 0 fully saturated rings. The quantitative estimate of drug-likeness (QED) is 0.424. The van der Waals surface area contributed by atoms with Crippen LogP contribution in [0.2, 0.25) is 5.02 Å². The molecule has 1 aliphatic rings. The van der Waals surface area contributed by atoms with Gasteiger partial charge in [0, 0.05) is 15.8 Å². The molecule has 0 unspecified atom stereocenters. The van der Waals surface area contributed by atoms with E-state index in [2.05, 4.69) is 4.98 Å². The number of hydrogen-bond donors (Lipinski definition) is 0. The van der Waals surface area contributed by atoms with Crippen molar-refractivity contribution in [2.24, 2.45) is 0 Å². The van der Waals surface area contributed by atoms with Crippen LogP contribution in [0.3, 0.4) is 0 Å². The van der Waals surface area contributed by atoms with E-state index in [9.17, 15) is 8.42 Å². The van der Waals surface area contributed by atoms with Crippen LogP contribution in [-0.4, -0.2) is 13.4 Å². The first-order valence-electron chi connectivity index (χ1n) is 8.88. The Kier molecular flexibility index (Phi) is 4.46. The highest BCUT2D eigenvalue weighted by Crippen LogP contribution is 2.42. The molecule has 2 heterocycles. The van der Waals surface area contributed by atoms with Crippen molar-refractivity contribution in [2.45, 2.75) is 18.0 Å². The van der Waals surface area contributed by atoms with E-state index < -0.39 is 10.0 Å². The minimum absolute atomic E-state index is 0.188. The molecule has 1 aromatic heterocycles. The van der Waals surface area contributed by atoms with E-state index in [0.29, 0.717) is 33.7 Å². The Balaban J connectivity index is 1.38. The molecule has 3 aromatic carbocycles. The first kappa shape index (κ1) is 18.4. The van der Waals surface area contributed by atoms with Crippen molar-refractivity contribution in [3.8, 4) is 5.75 Å². The molecular weight excluding hydrogens is 428 g/mol. The fourth-order valence-electron chi connectivity index (χ4n) is 3.44. The van der Waals surface area contributed by atoms with E-state index in [4.69, 9.17) is 16.3 Å². The van der Waals surface area contributed by atoms with E-state index in [-0.39, 0.29) is 6.54 Å². The summed E-state index contributed by atoms with van der Waals surface area (Å²) in [5.41, 5.74) is 1.39. The fraction of sp³-hybridized carbons (Fsp3) is 0.0952. The van der Waals surface area contributed by atoms with Crippen LogP contribution in [0.15, 0.2) is 70.9 Å². The maximum Gasteiger partial charge on any atom is 0.265 e. The van der Waals surface area contributed by atoms with Crippen molar-refractivity contribution in [1.29, 1.82) is 0 Å². The molecule has 0 amide bonds. The van der Waals surface area contributed by atoms with Gasteiger partial charge < -0.3 is 4.74 Å². The monoisotopic (exact) mass is 442 g/mol. The third-order valence-corrected chi connectivity index (χ3v) is 7.69. The van der Waals surface area contributed by atoms with Gasteiger partial charge in [-0.1, -0.05) is 35.9 Å². The van der Waals surface area contributed by atoms with Crippen LogP contribution < -0.4 is 9.04 Å². The van der Waals surface area contributed by atoms with Gasteiger partial charge in [-0.25, -0.2) is 13.4 Å². The van der Waals surface area contributed by atoms with E-state index in [1.807, 2.05) is 29.6 Å². The van der Waals surface area contributed by atoms with Crippen molar-refractivity contribution in [3.63, 3.8) is 0 Å². The highest BCUT2D eigenvalue weighted by atomic mass is 35.5. The second-order valence-corrected chi connectivity index (χ2v) is 9.83.